The van der Waals surface area contributed by atoms with Crippen molar-refractivity contribution < 1.29 is 4.74 Å². The molecule has 0 aliphatic carbocycles. The van der Waals surface area contributed by atoms with Crippen molar-refractivity contribution in [2.75, 3.05) is 13.2 Å². The highest BCUT2D eigenvalue weighted by atomic mass is 32.1. The molecule has 0 spiro atoms. The van der Waals surface area contributed by atoms with Crippen molar-refractivity contribution in [3.05, 3.63) is 22.4 Å². The van der Waals surface area contributed by atoms with Crippen molar-refractivity contribution in [1.82, 2.24) is 5.32 Å². The van der Waals surface area contributed by atoms with Gasteiger partial charge in [-0.15, -0.1) is 0 Å². The van der Waals surface area contributed by atoms with Gasteiger partial charge in [0, 0.05) is 12.6 Å². The van der Waals surface area contributed by atoms with E-state index >= 15 is 0 Å². The smallest absolute Gasteiger partial charge is 0.0590 e. The van der Waals surface area contributed by atoms with Crippen LogP contribution in [0.25, 0.3) is 0 Å². The van der Waals surface area contributed by atoms with Crippen LogP contribution in [0.5, 0.6) is 0 Å². The number of hydrogen-bond acceptors (Lipinski definition) is 3. The van der Waals surface area contributed by atoms with Crippen LogP contribution < -0.4 is 5.32 Å². The lowest BCUT2D eigenvalue weighted by molar-refractivity contribution is 0.0948. The fraction of sp³-hybridized carbons (Fsp3) is 0.692. The van der Waals surface area contributed by atoms with Gasteiger partial charge in [-0.2, -0.15) is 11.3 Å². The monoisotopic (exact) mass is 239 g/mol. The Kier molecular flexibility index (Phi) is 4.82. The molecule has 2 atom stereocenters. The molecule has 2 unspecified atom stereocenters. The van der Waals surface area contributed by atoms with E-state index in [2.05, 4.69) is 29.1 Å². The predicted octanol–water partition coefficient (Wildman–Crippen LogP) is 2.84. The van der Waals surface area contributed by atoms with Crippen LogP contribution in [-0.4, -0.2) is 25.3 Å². The first-order chi connectivity index (χ1) is 7.88. The average Bonchev–Trinajstić information content (AvgIpc) is 2.91. The Balaban J connectivity index is 1.83. The predicted molar refractivity (Wildman–Crippen MR) is 69.1 cm³/mol. The Labute approximate surface area is 102 Å². The maximum Gasteiger partial charge on any atom is 0.0590 e. The van der Waals surface area contributed by atoms with Crippen molar-refractivity contribution in [3.63, 3.8) is 0 Å². The van der Waals surface area contributed by atoms with Crippen molar-refractivity contribution in [3.8, 4) is 0 Å². The van der Waals surface area contributed by atoms with Crippen LogP contribution in [0.4, 0.5) is 0 Å². The van der Waals surface area contributed by atoms with Gasteiger partial charge in [0.05, 0.1) is 6.10 Å². The summed E-state index contributed by atoms with van der Waals surface area (Å²) in [6.45, 7) is 4.18. The van der Waals surface area contributed by atoms with Crippen LogP contribution >= 0.6 is 11.3 Å². The summed E-state index contributed by atoms with van der Waals surface area (Å²) in [7, 11) is 0. The molecule has 1 N–H and O–H groups in total. The lowest BCUT2D eigenvalue weighted by atomic mass is 10.0. The molecule has 1 aromatic rings. The third kappa shape index (κ3) is 3.58. The molecule has 16 heavy (non-hydrogen) atoms. The van der Waals surface area contributed by atoms with E-state index in [0.29, 0.717) is 12.1 Å². The van der Waals surface area contributed by atoms with E-state index in [-0.39, 0.29) is 0 Å². The van der Waals surface area contributed by atoms with Gasteiger partial charge in [-0.25, -0.2) is 0 Å². The highest BCUT2D eigenvalue weighted by molar-refractivity contribution is 7.07. The number of thiophene rings is 1. The quantitative estimate of drug-likeness (QED) is 0.824. The minimum absolute atomic E-state index is 0.489. The molecule has 0 saturated carbocycles. The van der Waals surface area contributed by atoms with Gasteiger partial charge < -0.3 is 10.1 Å². The Morgan fingerprint density at radius 1 is 1.62 bits per heavy atom. The minimum atomic E-state index is 0.489. The standard InChI is InChI=1S/C13H21NOS/c1-2-14-12(8-11-5-7-16-10-11)9-13-4-3-6-15-13/h5,7,10,12-14H,2-4,6,8-9H2,1H3. The Morgan fingerprint density at radius 2 is 2.56 bits per heavy atom. The Bertz CT molecular complexity index is 280. The molecular weight excluding hydrogens is 218 g/mol. The fourth-order valence-electron chi connectivity index (χ4n) is 2.37. The highest BCUT2D eigenvalue weighted by Crippen LogP contribution is 2.19. The van der Waals surface area contributed by atoms with Crippen molar-refractivity contribution >= 4 is 11.3 Å². The highest BCUT2D eigenvalue weighted by Gasteiger charge is 2.20. The SMILES string of the molecule is CCNC(Cc1ccsc1)CC1CCCO1. The van der Waals surface area contributed by atoms with Gasteiger partial charge in [-0.1, -0.05) is 6.92 Å². The van der Waals surface area contributed by atoms with Gasteiger partial charge >= 0.3 is 0 Å². The van der Waals surface area contributed by atoms with Gasteiger partial charge in [0.15, 0.2) is 0 Å². The Hall–Kier alpha value is -0.380. The second kappa shape index (κ2) is 6.38. The number of rotatable bonds is 6. The topological polar surface area (TPSA) is 21.3 Å². The summed E-state index contributed by atoms with van der Waals surface area (Å²) in [6.07, 6.45) is 5.26. The zero-order valence-electron chi connectivity index (χ0n) is 9.95. The fourth-order valence-corrected chi connectivity index (χ4v) is 3.05. The second-order valence-corrected chi connectivity index (χ2v) is 5.24. The molecule has 0 amide bonds. The van der Waals surface area contributed by atoms with E-state index in [4.69, 9.17) is 4.74 Å². The third-order valence-corrected chi connectivity index (χ3v) is 3.86. The first-order valence-corrected chi connectivity index (χ1v) is 7.19. The van der Waals surface area contributed by atoms with Crippen molar-refractivity contribution in [2.24, 2.45) is 0 Å². The van der Waals surface area contributed by atoms with Gasteiger partial charge in [0.25, 0.3) is 0 Å². The molecule has 0 radical (unpaired) electrons. The lowest BCUT2D eigenvalue weighted by Crippen LogP contribution is -2.34. The zero-order chi connectivity index (χ0) is 11.2. The largest absolute Gasteiger partial charge is 0.378 e. The third-order valence-electron chi connectivity index (χ3n) is 3.13. The number of likely N-dealkylation sites (N-methyl/N-ethyl adjacent to an activating group) is 1. The molecule has 1 fully saturated rings. The number of nitrogens with one attached hydrogen (secondary N) is 1. The summed E-state index contributed by atoms with van der Waals surface area (Å²) in [6, 6.07) is 2.80. The van der Waals surface area contributed by atoms with E-state index in [1.54, 1.807) is 11.3 Å². The molecule has 2 rings (SSSR count). The maximum absolute atomic E-state index is 5.71. The summed E-state index contributed by atoms with van der Waals surface area (Å²) in [5.74, 6) is 0. The molecular formula is C13H21NOS. The number of hydrogen-bond donors (Lipinski definition) is 1. The van der Waals surface area contributed by atoms with Gasteiger partial charge in [-0.3, -0.25) is 0 Å². The van der Waals surface area contributed by atoms with Crippen molar-refractivity contribution in [1.29, 1.82) is 0 Å². The van der Waals surface area contributed by atoms with E-state index in [9.17, 15) is 0 Å². The van der Waals surface area contributed by atoms with Crippen LogP contribution in [0.1, 0.15) is 31.7 Å². The van der Waals surface area contributed by atoms with Crippen LogP contribution in [0, 0.1) is 0 Å². The molecule has 1 aliphatic heterocycles. The first kappa shape index (κ1) is 12.1. The van der Waals surface area contributed by atoms with Gasteiger partial charge in [0.2, 0.25) is 0 Å². The second-order valence-electron chi connectivity index (χ2n) is 4.46. The molecule has 3 heteroatoms. The van der Waals surface area contributed by atoms with Crippen molar-refractivity contribution in [2.45, 2.75) is 44.8 Å². The molecule has 0 bridgehead atoms. The summed E-state index contributed by atoms with van der Waals surface area (Å²) >= 11 is 1.78. The van der Waals surface area contributed by atoms with E-state index in [1.165, 1.54) is 18.4 Å². The van der Waals surface area contributed by atoms with Gasteiger partial charge in [-0.05, 0) is 54.6 Å². The minimum Gasteiger partial charge on any atom is -0.378 e. The zero-order valence-corrected chi connectivity index (χ0v) is 10.8. The molecule has 1 aromatic heterocycles. The summed E-state index contributed by atoms with van der Waals surface area (Å²) in [4.78, 5) is 0. The van der Waals surface area contributed by atoms with Crippen LogP contribution in [0.2, 0.25) is 0 Å². The van der Waals surface area contributed by atoms with E-state index < -0.39 is 0 Å². The number of ether oxygens (including phenoxy) is 1. The summed E-state index contributed by atoms with van der Waals surface area (Å²) < 4.78 is 5.71. The van der Waals surface area contributed by atoms with Crippen LogP contribution in [0.3, 0.4) is 0 Å². The van der Waals surface area contributed by atoms with Gasteiger partial charge in [0.1, 0.15) is 0 Å². The lowest BCUT2D eigenvalue weighted by Gasteiger charge is -2.20. The molecule has 0 aromatic carbocycles. The summed E-state index contributed by atoms with van der Waals surface area (Å²) in [5.41, 5.74) is 1.45. The summed E-state index contributed by atoms with van der Waals surface area (Å²) in [5, 5.41) is 7.98. The molecule has 90 valence electrons. The van der Waals surface area contributed by atoms with E-state index in [0.717, 1.165) is 26.0 Å². The van der Waals surface area contributed by atoms with Crippen LogP contribution in [-0.2, 0) is 11.2 Å². The maximum atomic E-state index is 5.71. The first-order valence-electron chi connectivity index (χ1n) is 6.24. The normalized spacial score (nSPS) is 22.4. The van der Waals surface area contributed by atoms with E-state index in [1.807, 2.05) is 0 Å². The Morgan fingerprint density at radius 3 is 3.19 bits per heavy atom. The molecule has 1 aliphatic rings. The molecule has 2 heterocycles. The average molecular weight is 239 g/mol. The molecule has 1 saturated heterocycles. The van der Waals surface area contributed by atoms with Crippen LogP contribution in [0.15, 0.2) is 16.8 Å². The molecule has 2 nitrogen and oxygen atoms in total.